The molecule has 0 aliphatic rings. The van der Waals surface area contributed by atoms with Gasteiger partial charge in [-0.3, -0.25) is 14.9 Å². The summed E-state index contributed by atoms with van der Waals surface area (Å²) in [7, 11) is 0. The number of hydrogen-bond donors (Lipinski definition) is 2. The quantitative estimate of drug-likeness (QED) is 0.238. The van der Waals surface area contributed by atoms with Gasteiger partial charge in [-0.1, -0.05) is 48.0 Å². The number of nitro groups is 1. The lowest BCUT2D eigenvalue weighted by atomic mass is 10.1. The van der Waals surface area contributed by atoms with Crippen LogP contribution in [0.3, 0.4) is 0 Å². The number of non-ortho nitro benzene ring substituents is 1. The van der Waals surface area contributed by atoms with Crippen LogP contribution in [0, 0.1) is 17.0 Å². The first-order valence-electron chi connectivity index (χ1n) is 9.99. The number of nitro benzene ring substituents is 1. The second-order valence-corrected chi connectivity index (χ2v) is 7.76. The summed E-state index contributed by atoms with van der Waals surface area (Å²) in [6, 6.07) is 18.7. The molecule has 0 radical (unpaired) electrons. The van der Waals surface area contributed by atoms with Gasteiger partial charge < -0.3 is 9.67 Å². The molecular formula is C24H19ClN4O4. The smallest absolute Gasteiger partial charge is 0.275 e. The lowest BCUT2D eigenvalue weighted by molar-refractivity contribution is -0.384. The Bertz CT molecular complexity index is 1410. The molecule has 1 heterocycles. The first kappa shape index (κ1) is 22.0. The number of nitrogens with one attached hydrogen (secondary N) is 1. The zero-order valence-electron chi connectivity index (χ0n) is 17.5. The maximum absolute atomic E-state index is 12.4. The van der Waals surface area contributed by atoms with E-state index in [4.69, 9.17) is 11.6 Å². The zero-order chi connectivity index (χ0) is 23.5. The van der Waals surface area contributed by atoms with Crippen molar-refractivity contribution in [1.82, 2.24) is 9.99 Å². The standard InChI is InChI=1S/C24H19ClN4O4/c1-15-20(13-26-27-24(31)19-12-17(29(32)33)10-11-23(19)30)18-7-3-5-9-22(18)28(15)14-16-6-2-4-8-21(16)25/h2-13,30H,14H2,1H3,(H,27,31)/b26-13-. The molecule has 0 fully saturated rings. The first-order valence-corrected chi connectivity index (χ1v) is 10.4. The number of aromatic hydroxyl groups is 1. The number of rotatable bonds is 6. The first-order chi connectivity index (χ1) is 15.9. The van der Waals surface area contributed by atoms with E-state index in [2.05, 4.69) is 15.1 Å². The van der Waals surface area contributed by atoms with Crippen molar-refractivity contribution >= 4 is 40.3 Å². The largest absolute Gasteiger partial charge is 0.507 e. The van der Waals surface area contributed by atoms with Crippen LogP contribution in [0.2, 0.25) is 5.02 Å². The van der Waals surface area contributed by atoms with E-state index in [9.17, 15) is 20.0 Å². The van der Waals surface area contributed by atoms with E-state index in [1.165, 1.54) is 6.21 Å². The third-order valence-corrected chi connectivity index (χ3v) is 5.73. The minimum Gasteiger partial charge on any atom is -0.507 e. The van der Waals surface area contributed by atoms with Crippen molar-refractivity contribution in [3.8, 4) is 5.75 Å². The van der Waals surface area contributed by atoms with Crippen LogP contribution in [-0.4, -0.2) is 26.7 Å². The molecule has 0 atom stereocenters. The highest BCUT2D eigenvalue weighted by Gasteiger charge is 2.17. The van der Waals surface area contributed by atoms with Gasteiger partial charge in [-0.15, -0.1) is 0 Å². The van der Waals surface area contributed by atoms with E-state index in [0.717, 1.165) is 45.9 Å². The highest BCUT2D eigenvalue weighted by atomic mass is 35.5. The number of para-hydroxylation sites is 1. The van der Waals surface area contributed by atoms with Gasteiger partial charge in [-0.05, 0) is 30.7 Å². The summed E-state index contributed by atoms with van der Waals surface area (Å²) in [4.78, 5) is 22.7. The average molecular weight is 463 g/mol. The number of carbonyl (C=O) groups is 1. The highest BCUT2D eigenvalue weighted by molar-refractivity contribution is 6.31. The van der Waals surface area contributed by atoms with Gasteiger partial charge in [0.1, 0.15) is 5.75 Å². The van der Waals surface area contributed by atoms with Gasteiger partial charge in [0.2, 0.25) is 0 Å². The number of hydrogen-bond acceptors (Lipinski definition) is 5. The molecule has 0 saturated heterocycles. The van der Waals surface area contributed by atoms with Crippen molar-refractivity contribution in [1.29, 1.82) is 0 Å². The van der Waals surface area contributed by atoms with Gasteiger partial charge in [-0.2, -0.15) is 5.10 Å². The molecule has 4 aromatic rings. The van der Waals surface area contributed by atoms with Crippen molar-refractivity contribution in [2.24, 2.45) is 5.10 Å². The second-order valence-electron chi connectivity index (χ2n) is 7.35. The lowest BCUT2D eigenvalue weighted by Crippen LogP contribution is -2.18. The number of nitrogens with zero attached hydrogens (tertiary/aromatic N) is 3. The summed E-state index contributed by atoms with van der Waals surface area (Å²) < 4.78 is 2.12. The average Bonchev–Trinajstić information content (AvgIpc) is 3.06. The van der Waals surface area contributed by atoms with Crippen molar-refractivity contribution in [3.05, 3.63) is 104 Å². The SMILES string of the molecule is Cc1c(/C=N\NC(=O)c2cc([N+](=O)[O-])ccc2O)c2ccccc2n1Cc1ccccc1Cl. The Kier molecular flexibility index (Phi) is 6.10. The number of aromatic nitrogens is 1. The Morgan fingerprint density at radius 1 is 1.18 bits per heavy atom. The molecule has 2 N–H and O–H groups in total. The number of phenols is 1. The van der Waals surface area contributed by atoms with Crippen LogP contribution in [0.1, 0.15) is 27.2 Å². The molecule has 0 aliphatic heterocycles. The molecular weight excluding hydrogens is 444 g/mol. The summed E-state index contributed by atoms with van der Waals surface area (Å²) in [5.41, 5.74) is 5.48. The van der Waals surface area contributed by atoms with Crippen LogP contribution in [-0.2, 0) is 6.54 Å². The van der Waals surface area contributed by atoms with Crippen LogP contribution >= 0.6 is 11.6 Å². The molecule has 8 nitrogen and oxygen atoms in total. The van der Waals surface area contributed by atoms with Gasteiger partial charge in [0.05, 0.1) is 16.7 Å². The van der Waals surface area contributed by atoms with Gasteiger partial charge >= 0.3 is 0 Å². The van der Waals surface area contributed by atoms with Crippen molar-refractivity contribution in [2.75, 3.05) is 0 Å². The Hall–Kier alpha value is -4.17. The summed E-state index contributed by atoms with van der Waals surface area (Å²) >= 11 is 6.35. The molecule has 33 heavy (non-hydrogen) atoms. The summed E-state index contributed by atoms with van der Waals surface area (Å²) in [5.74, 6) is -1.13. The molecule has 9 heteroatoms. The van der Waals surface area contributed by atoms with E-state index in [1.807, 2.05) is 55.5 Å². The summed E-state index contributed by atoms with van der Waals surface area (Å²) in [6.07, 6.45) is 1.52. The molecule has 0 unspecified atom stereocenters. The molecule has 0 aliphatic carbocycles. The Morgan fingerprint density at radius 3 is 2.67 bits per heavy atom. The number of carbonyl (C=O) groups excluding carboxylic acids is 1. The maximum atomic E-state index is 12.4. The summed E-state index contributed by atoms with van der Waals surface area (Å²) in [6.45, 7) is 2.51. The fourth-order valence-electron chi connectivity index (χ4n) is 3.66. The Morgan fingerprint density at radius 2 is 1.91 bits per heavy atom. The zero-order valence-corrected chi connectivity index (χ0v) is 18.3. The number of fused-ring (bicyclic) bond motifs is 1. The molecule has 1 amide bonds. The van der Waals surface area contributed by atoms with Crippen LogP contribution in [0.25, 0.3) is 10.9 Å². The molecule has 1 aromatic heterocycles. The maximum Gasteiger partial charge on any atom is 0.275 e. The number of amides is 1. The van der Waals surface area contributed by atoms with Crippen molar-refractivity contribution in [3.63, 3.8) is 0 Å². The normalized spacial score (nSPS) is 11.2. The Balaban J connectivity index is 1.64. The van der Waals surface area contributed by atoms with Gasteiger partial charge in [0.25, 0.3) is 11.6 Å². The van der Waals surface area contributed by atoms with Crippen molar-refractivity contribution < 1.29 is 14.8 Å². The third-order valence-electron chi connectivity index (χ3n) is 5.36. The van der Waals surface area contributed by atoms with Gasteiger partial charge in [0, 0.05) is 45.9 Å². The lowest BCUT2D eigenvalue weighted by Gasteiger charge is -2.10. The van der Waals surface area contributed by atoms with Crippen LogP contribution < -0.4 is 5.43 Å². The topological polar surface area (TPSA) is 110 Å². The third kappa shape index (κ3) is 4.42. The molecule has 3 aromatic carbocycles. The monoisotopic (exact) mass is 462 g/mol. The molecule has 4 rings (SSSR count). The fraction of sp³-hybridized carbons (Fsp3) is 0.0833. The highest BCUT2D eigenvalue weighted by Crippen LogP contribution is 2.27. The van der Waals surface area contributed by atoms with Crippen molar-refractivity contribution in [2.45, 2.75) is 13.5 Å². The minimum atomic E-state index is -0.759. The van der Waals surface area contributed by atoms with E-state index in [0.29, 0.717) is 11.6 Å². The Labute approximate surface area is 193 Å². The van der Waals surface area contributed by atoms with Gasteiger partial charge in [0.15, 0.2) is 0 Å². The van der Waals surface area contributed by atoms with Gasteiger partial charge in [-0.25, -0.2) is 5.43 Å². The molecule has 166 valence electrons. The van der Waals surface area contributed by atoms with Crippen LogP contribution in [0.4, 0.5) is 5.69 Å². The van der Waals surface area contributed by atoms with Crippen LogP contribution in [0.5, 0.6) is 5.75 Å². The fourth-order valence-corrected chi connectivity index (χ4v) is 3.85. The minimum absolute atomic E-state index is 0.237. The summed E-state index contributed by atoms with van der Waals surface area (Å²) in [5, 5.41) is 26.5. The van der Waals surface area contributed by atoms with E-state index >= 15 is 0 Å². The van der Waals surface area contributed by atoms with E-state index in [1.54, 1.807) is 0 Å². The number of phenolic OH excluding ortho intramolecular Hbond substituents is 1. The number of benzene rings is 3. The number of hydrazone groups is 1. The molecule has 0 saturated carbocycles. The molecule has 0 bridgehead atoms. The predicted molar refractivity (Wildman–Crippen MR) is 127 cm³/mol. The predicted octanol–water partition coefficient (Wildman–Crippen LogP) is 5.03. The second kappa shape index (κ2) is 9.13. The number of halogens is 1. The van der Waals surface area contributed by atoms with E-state index in [-0.39, 0.29) is 17.0 Å². The van der Waals surface area contributed by atoms with E-state index < -0.39 is 10.8 Å². The van der Waals surface area contributed by atoms with Crippen LogP contribution in [0.15, 0.2) is 71.8 Å². The molecule has 0 spiro atoms.